The molecule has 0 bridgehead atoms. The fourth-order valence-corrected chi connectivity index (χ4v) is 6.49. The Hall–Kier alpha value is -0.910. The van der Waals surface area contributed by atoms with Crippen molar-refractivity contribution >= 4 is 10.1 Å². The van der Waals surface area contributed by atoms with Crippen molar-refractivity contribution < 1.29 is 13.0 Å². The van der Waals surface area contributed by atoms with Gasteiger partial charge < -0.3 is 4.90 Å². The SMILES string of the molecule is CCCCCCCCCCCCCCCCCCN(C)C.CCCCCCCCCCCCc1ccccc1S(=O)(=O)O. The van der Waals surface area contributed by atoms with Gasteiger partial charge in [-0.3, -0.25) is 4.55 Å². The number of rotatable bonds is 29. The lowest BCUT2D eigenvalue weighted by atomic mass is 10.0. The molecule has 1 N–H and O–H groups in total. The Morgan fingerprint density at radius 2 is 0.837 bits per heavy atom. The molecular weight excluding hydrogens is 550 g/mol. The van der Waals surface area contributed by atoms with Crippen molar-refractivity contribution in [1.29, 1.82) is 0 Å². The molecule has 0 saturated carbocycles. The minimum atomic E-state index is -4.10. The van der Waals surface area contributed by atoms with Gasteiger partial charge in [-0.1, -0.05) is 186 Å². The summed E-state index contributed by atoms with van der Waals surface area (Å²) in [7, 11) is 0.248. The van der Waals surface area contributed by atoms with Crippen LogP contribution >= 0.6 is 0 Å². The van der Waals surface area contributed by atoms with Gasteiger partial charge in [-0.25, -0.2) is 0 Å². The molecule has 0 amide bonds. The minimum Gasteiger partial charge on any atom is -0.309 e. The zero-order valence-electron chi connectivity index (χ0n) is 29.2. The molecule has 0 saturated heterocycles. The van der Waals surface area contributed by atoms with E-state index >= 15 is 0 Å². The Balaban J connectivity index is 0.000000822. The fourth-order valence-electron chi connectivity index (χ4n) is 5.74. The fraction of sp³-hybridized carbons (Fsp3) is 0.842. The van der Waals surface area contributed by atoms with Crippen LogP contribution in [0, 0.1) is 0 Å². The van der Waals surface area contributed by atoms with Crippen LogP contribution in [0.5, 0.6) is 0 Å². The van der Waals surface area contributed by atoms with Crippen LogP contribution in [0.4, 0.5) is 0 Å². The van der Waals surface area contributed by atoms with Gasteiger partial charge >= 0.3 is 0 Å². The molecule has 0 spiro atoms. The van der Waals surface area contributed by atoms with E-state index in [-0.39, 0.29) is 4.90 Å². The Bertz CT molecular complexity index is 809. The Labute approximate surface area is 270 Å². The third-order valence-corrected chi connectivity index (χ3v) is 9.46. The molecule has 1 aromatic carbocycles. The highest BCUT2D eigenvalue weighted by Crippen LogP contribution is 2.19. The summed E-state index contributed by atoms with van der Waals surface area (Å²) in [5.41, 5.74) is 0.726. The summed E-state index contributed by atoms with van der Waals surface area (Å²) in [5, 5.41) is 0. The smallest absolute Gasteiger partial charge is 0.294 e. The van der Waals surface area contributed by atoms with E-state index in [0.29, 0.717) is 6.42 Å². The van der Waals surface area contributed by atoms with E-state index < -0.39 is 10.1 Å². The van der Waals surface area contributed by atoms with Crippen LogP contribution in [0.1, 0.15) is 186 Å². The van der Waals surface area contributed by atoms with Gasteiger partial charge in [0.15, 0.2) is 0 Å². The molecule has 0 radical (unpaired) electrons. The summed E-state index contributed by atoms with van der Waals surface area (Å²) >= 11 is 0. The quantitative estimate of drug-likeness (QED) is 0.0712. The van der Waals surface area contributed by atoms with Crippen LogP contribution in [-0.4, -0.2) is 38.5 Å². The average molecular weight is 624 g/mol. The molecule has 0 aliphatic heterocycles. The molecule has 0 heterocycles. The van der Waals surface area contributed by atoms with Crippen LogP contribution in [-0.2, 0) is 16.5 Å². The lowest BCUT2D eigenvalue weighted by molar-refractivity contribution is 0.389. The van der Waals surface area contributed by atoms with Gasteiger partial charge in [0, 0.05) is 0 Å². The second kappa shape index (κ2) is 31.1. The molecule has 0 atom stereocenters. The minimum absolute atomic E-state index is 0.0610. The number of hydrogen-bond donors (Lipinski definition) is 1. The third-order valence-electron chi connectivity index (χ3n) is 8.51. The molecule has 1 rings (SSSR count). The first-order valence-electron chi connectivity index (χ1n) is 18.5. The van der Waals surface area contributed by atoms with Crippen molar-refractivity contribution in [3.8, 4) is 0 Å². The maximum atomic E-state index is 11.3. The molecule has 0 aliphatic rings. The van der Waals surface area contributed by atoms with Crippen molar-refractivity contribution in [1.82, 2.24) is 4.90 Å². The van der Waals surface area contributed by atoms with Crippen molar-refractivity contribution in [2.24, 2.45) is 0 Å². The first-order valence-corrected chi connectivity index (χ1v) is 20.0. The predicted octanol–water partition coefficient (Wildman–Crippen LogP) is 12.2. The molecule has 0 aromatic heterocycles. The van der Waals surface area contributed by atoms with E-state index in [2.05, 4.69) is 32.8 Å². The molecule has 5 heteroatoms. The maximum absolute atomic E-state index is 11.3. The van der Waals surface area contributed by atoms with E-state index in [1.165, 1.54) is 167 Å². The Kier molecular flexibility index (Phi) is 30.4. The summed E-state index contributed by atoms with van der Waals surface area (Å²) in [6.07, 6.45) is 36.6. The van der Waals surface area contributed by atoms with Gasteiger partial charge in [-0.05, 0) is 51.5 Å². The molecule has 43 heavy (non-hydrogen) atoms. The van der Waals surface area contributed by atoms with Gasteiger partial charge in [0.05, 0.1) is 4.90 Å². The van der Waals surface area contributed by atoms with Gasteiger partial charge in [-0.15, -0.1) is 0 Å². The number of benzene rings is 1. The summed E-state index contributed by atoms with van der Waals surface area (Å²) in [6.45, 7) is 5.79. The van der Waals surface area contributed by atoms with Crippen LogP contribution in [0.15, 0.2) is 29.2 Å². The predicted molar refractivity (Wildman–Crippen MR) is 190 cm³/mol. The maximum Gasteiger partial charge on any atom is 0.294 e. The van der Waals surface area contributed by atoms with E-state index in [1.807, 2.05) is 6.07 Å². The van der Waals surface area contributed by atoms with E-state index in [1.54, 1.807) is 12.1 Å². The van der Waals surface area contributed by atoms with Crippen LogP contribution in [0.25, 0.3) is 0 Å². The topological polar surface area (TPSA) is 57.6 Å². The van der Waals surface area contributed by atoms with E-state index in [9.17, 15) is 13.0 Å². The Morgan fingerprint density at radius 3 is 1.19 bits per heavy atom. The molecule has 0 fully saturated rings. The summed E-state index contributed by atoms with van der Waals surface area (Å²) in [5.74, 6) is 0. The largest absolute Gasteiger partial charge is 0.309 e. The highest BCUT2D eigenvalue weighted by Gasteiger charge is 2.13. The van der Waals surface area contributed by atoms with Crippen molar-refractivity contribution in [2.75, 3.05) is 20.6 Å². The van der Waals surface area contributed by atoms with Crippen molar-refractivity contribution in [3.05, 3.63) is 29.8 Å². The summed E-state index contributed by atoms with van der Waals surface area (Å²) in [6, 6.07) is 6.73. The molecule has 1 aromatic rings. The van der Waals surface area contributed by atoms with Crippen LogP contribution in [0.2, 0.25) is 0 Å². The first-order chi connectivity index (χ1) is 20.8. The monoisotopic (exact) mass is 624 g/mol. The summed E-state index contributed by atoms with van der Waals surface area (Å²) < 4.78 is 31.8. The van der Waals surface area contributed by atoms with Crippen LogP contribution < -0.4 is 0 Å². The summed E-state index contributed by atoms with van der Waals surface area (Å²) in [4.78, 5) is 2.36. The van der Waals surface area contributed by atoms with Gasteiger partial charge in [0.2, 0.25) is 0 Å². The van der Waals surface area contributed by atoms with Gasteiger partial charge in [0.1, 0.15) is 0 Å². The molecule has 0 unspecified atom stereocenters. The normalized spacial score (nSPS) is 11.6. The third kappa shape index (κ3) is 29.6. The lowest BCUT2D eigenvalue weighted by Gasteiger charge is -2.08. The zero-order chi connectivity index (χ0) is 31.9. The van der Waals surface area contributed by atoms with E-state index in [0.717, 1.165) is 18.4 Å². The highest BCUT2D eigenvalue weighted by molar-refractivity contribution is 7.85. The standard InChI is InChI=1S/C20H43N.C18H30O3S/c1-4-5-6-7-8-9-10-11-12-13-14-15-16-17-18-19-20-21(2)3;1-2-3-4-5-6-7-8-9-10-11-14-17-15-12-13-16-18(17)22(19,20)21/h4-20H2,1-3H3;12-13,15-16H,2-11,14H2,1H3,(H,19,20,21). The number of unbranched alkanes of at least 4 members (excludes halogenated alkanes) is 24. The van der Waals surface area contributed by atoms with Crippen molar-refractivity contribution in [3.63, 3.8) is 0 Å². The number of hydrogen-bond acceptors (Lipinski definition) is 3. The molecule has 0 aliphatic carbocycles. The number of nitrogens with zero attached hydrogens (tertiary/aromatic N) is 1. The molecule has 254 valence electrons. The lowest BCUT2D eigenvalue weighted by Crippen LogP contribution is -2.12. The number of aryl methyl sites for hydroxylation is 1. The second-order valence-electron chi connectivity index (χ2n) is 13.1. The zero-order valence-corrected chi connectivity index (χ0v) is 30.0. The molecular formula is C38H73NO3S. The van der Waals surface area contributed by atoms with E-state index in [4.69, 9.17) is 0 Å². The van der Waals surface area contributed by atoms with Gasteiger partial charge in [0.25, 0.3) is 10.1 Å². The average Bonchev–Trinajstić information content (AvgIpc) is 2.98. The van der Waals surface area contributed by atoms with Crippen molar-refractivity contribution in [2.45, 2.75) is 192 Å². The first kappa shape index (κ1) is 42.1. The Morgan fingerprint density at radius 1 is 0.512 bits per heavy atom. The highest BCUT2D eigenvalue weighted by atomic mass is 32.2. The molecule has 4 nitrogen and oxygen atoms in total. The van der Waals surface area contributed by atoms with Gasteiger partial charge in [-0.2, -0.15) is 8.42 Å². The second-order valence-corrected chi connectivity index (χ2v) is 14.5. The van der Waals surface area contributed by atoms with Crippen LogP contribution in [0.3, 0.4) is 0 Å².